The summed E-state index contributed by atoms with van der Waals surface area (Å²) in [6.45, 7) is 4.63. The van der Waals surface area contributed by atoms with E-state index in [0.717, 1.165) is 18.8 Å². The van der Waals surface area contributed by atoms with Crippen molar-refractivity contribution in [2.45, 2.75) is 13.5 Å². The van der Waals surface area contributed by atoms with Crippen molar-refractivity contribution >= 4 is 10.9 Å². The van der Waals surface area contributed by atoms with E-state index >= 15 is 0 Å². The van der Waals surface area contributed by atoms with Crippen molar-refractivity contribution in [1.82, 2.24) is 9.47 Å². The average Bonchev–Trinajstić information content (AvgIpc) is 2.81. The van der Waals surface area contributed by atoms with Crippen molar-refractivity contribution in [3.63, 3.8) is 0 Å². The Morgan fingerprint density at radius 2 is 1.65 bits per heavy atom. The fourth-order valence-corrected chi connectivity index (χ4v) is 2.88. The van der Waals surface area contributed by atoms with Crippen LogP contribution < -0.4 is 4.74 Å². The van der Waals surface area contributed by atoms with Gasteiger partial charge in [0.25, 0.3) is 0 Å². The highest BCUT2D eigenvalue weighted by Gasteiger charge is 2.15. The quantitative estimate of drug-likeness (QED) is 0.686. The molecule has 0 saturated heterocycles. The number of rotatable bonds is 6. The van der Waals surface area contributed by atoms with E-state index in [9.17, 15) is 0 Å². The Morgan fingerprint density at radius 3 is 2.39 bits per heavy atom. The summed E-state index contributed by atoms with van der Waals surface area (Å²) in [5.74, 6) is 1.01. The lowest BCUT2D eigenvalue weighted by molar-refractivity contribution is 0.262. The number of hydrogen-bond donors (Lipinski definition) is 0. The fraction of sp³-hybridized carbons (Fsp3) is 0.300. The molecule has 0 aliphatic heterocycles. The lowest BCUT2D eigenvalue weighted by Crippen LogP contribution is -2.19. The molecule has 1 aromatic heterocycles. The van der Waals surface area contributed by atoms with Crippen molar-refractivity contribution in [1.29, 1.82) is 0 Å². The summed E-state index contributed by atoms with van der Waals surface area (Å²) in [6.07, 6.45) is 0. The van der Waals surface area contributed by atoms with Crippen LogP contribution in [0.4, 0.5) is 0 Å². The predicted molar refractivity (Wildman–Crippen MR) is 96.3 cm³/mol. The van der Waals surface area contributed by atoms with Gasteiger partial charge in [-0.2, -0.15) is 0 Å². The Hall–Kier alpha value is -2.26. The zero-order valence-corrected chi connectivity index (χ0v) is 14.1. The van der Waals surface area contributed by atoms with Crippen molar-refractivity contribution in [3.05, 3.63) is 65.9 Å². The van der Waals surface area contributed by atoms with Crippen molar-refractivity contribution in [2.75, 3.05) is 27.2 Å². The van der Waals surface area contributed by atoms with Gasteiger partial charge in [0, 0.05) is 18.5 Å². The normalized spacial score (nSPS) is 11.3. The van der Waals surface area contributed by atoms with Crippen LogP contribution >= 0.6 is 0 Å². The molecule has 0 N–H and O–H groups in total. The van der Waals surface area contributed by atoms with Crippen LogP contribution in [0.25, 0.3) is 10.9 Å². The molecule has 0 aliphatic rings. The number of benzene rings is 2. The Balaban J connectivity index is 1.96. The molecular formula is C20H24N2O. The van der Waals surface area contributed by atoms with E-state index in [4.69, 9.17) is 4.74 Å². The molecule has 0 fully saturated rings. The Bertz CT molecular complexity index is 775. The van der Waals surface area contributed by atoms with Gasteiger partial charge in [-0.1, -0.05) is 42.5 Å². The first-order valence-corrected chi connectivity index (χ1v) is 8.06. The maximum Gasteiger partial charge on any atom is 0.147 e. The zero-order valence-electron chi connectivity index (χ0n) is 14.1. The molecule has 0 bridgehead atoms. The van der Waals surface area contributed by atoms with Crippen LogP contribution in [0.2, 0.25) is 0 Å². The molecule has 0 atom stereocenters. The monoisotopic (exact) mass is 308 g/mol. The summed E-state index contributed by atoms with van der Waals surface area (Å²) in [6, 6.07) is 19.1. The second-order valence-electron chi connectivity index (χ2n) is 6.16. The zero-order chi connectivity index (χ0) is 16.2. The third kappa shape index (κ3) is 3.40. The van der Waals surface area contributed by atoms with Crippen molar-refractivity contribution < 1.29 is 4.74 Å². The van der Waals surface area contributed by atoms with Crippen molar-refractivity contribution in [3.8, 4) is 5.75 Å². The summed E-state index contributed by atoms with van der Waals surface area (Å²) < 4.78 is 8.46. The molecule has 23 heavy (non-hydrogen) atoms. The molecule has 0 spiro atoms. The SMILES string of the molecule is Cc1c(OCCN(C)C)c2ccccc2n1Cc1ccccc1. The third-order valence-corrected chi connectivity index (χ3v) is 4.14. The molecule has 0 unspecified atom stereocenters. The second kappa shape index (κ2) is 6.88. The topological polar surface area (TPSA) is 17.4 Å². The molecule has 120 valence electrons. The van der Waals surface area contributed by atoms with Crippen LogP contribution in [0.15, 0.2) is 54.6 Å². The molecule has 0 aliphatic carbocycles. The molecule has 1 heterocycles. The van der Waals surface area contributed by atoms with Gasteiger partial charge in [-0.3, -0.25) is 0 Å². The van der Waals surface area contributed by atoms with E-state index in [1.165, 1.54) is 22.2 Å². The van der Waals surface area contributed by atoms with Crippen LogP contribution in [-0.4, -0.2) is 36.7 Å². The maximum absolute atomic E-state index is 6.12. The third-order valence-electron chi connectivity index (χ3n) is 4.14. The van der Waals surface area contributed by atoms with Gasteiger partial charge in [-0.25, -0.2) is 0 Å². The van der Waals surface area contributed by atoms with E-state index < -0.39 is 0 Å². The largest absolute Gasteiger partial charge is 0.490 e. The highest BCUT2D eigenvalue weighted by Crippen LogP contribution is 2.33. The molecule has 0 amide bonds. The van der Waals surface area contributed by atoms with Crippen LogP contribution in [-0.2, 0) is 6.54 Å². The number of ether oxygens (including phenoxy) is 1. The van der Waals surface area contributed by atoms with Crippen LogP contribution in [0.5, 0.6) is 5.75 Å². The highest BCUT2D eigenvalue weighted by atomic mass is 16.5. The smallest absolute Gasteiger partial charge is 0.147 e. The Labute approximate surface area is 138 Å². The number of para-hydroxylation sites is 1. The van der Waals surface area contributed by atoms with Gasteiger partial charge in [0.05, 0.1) is 11.2 Å². The van der Waals surface area contributed by atoms with E-state index in [1.807, 2.05) is 0 Å². The summed E-state index contributed by atoms with van der Waals surface area (Å²) in [4.78, 5) is 2.14. The fourth-order valence-electron chi connectivity index (χ4n) is 2.88. The first kappa shape index (κ1) is 15.6. The summed E-state index contributed by atoms with van der Waals surface area (Å²) in [7, 11) is 4.13. The number of nitrogens with zero attached hydrogens (tertiary/aromatic N) is 2. The molecule has 2 aromatic carbocycles. The number of aromatic nitrogens is 1. The van der Waals surface area contributed by atoms with Crippen LogP contribution in [0, 0.1) is 6.92 Å². The molecule has 3 nitrogen and oxygen atoms in total. The van der Waals surface area contributed by atoms with Gasteiger partial charge in [0.2, 0.25) is 0 Å². The molecule has 3 aromatic rings. The summed E-state index contributed by atoms with van der Waals surface area (Å²) in [5.41, 5.74) is 3.72. The summed E-state index contributed by atoms with van der Waals surface area (Å²) >= 11 is 0. The minimum Gasteiger partial charge on any atom is -0.490 e. The molecule has 0 radical (unpaired) electrons. The molecular weight excluding hydrogens is 284 g/mol. The van der Waals surface area contributed by atoms with Gasteiger partial charge < -0.3 is 14.2 Å². The van der Waals surface area contributed by atoms with Gasteiger partial charge in [0.1, 0.15) is 12.4 Å². The van der Waals surface area contributed by atoms with E-state index in [0.29, 0.717) is 6.61 Å². The minimum atomic E-state index is 0.702. The summed E-state index contributed by atoms with van der Waals surface area (Å²) in [5, 5.41) is 1.19. The first-order chi connectivity index (χ1) is 11.2. The number of likely N-dealkylation sites (N-methyl/N-ethyl adjacent to an activating group) is 1. The molecule has 3 heteroatoms. The lowest BCUT2D eigenvalue weighted by Gasteiger charge is -2.12. The first-order valence-electron chi connectivity index (χ1n) is 8.06. The second-order valence-corrected chi connectivity index (χ2v) is 6.16. The van der Waals surface area contributed by atoms with Crippen molar-refractivity contribution in [2.24, 2.45) is 0 Å². The van der Waals surface area contributed by atoms with Gasteiger partial charge >= 0.3 is 0 Å². The minimum absolute atomic E-state index is 0.702. The van der Waals surface area contributed by atoms with Gasteiger partial charge in [-0.15, -0.1) is 0 Å². The van der Waals surface area contributed by atoms with E-state index in [2.05, 4.69) is 85.1 Å². The number of hydrogen-bond acceptors (Lipinski definition) is 2. The maximum atomic E-state index is 6.12. The number of fused-ring (bicyclic) bond motifs is 1. The standard InChI is InChI=1S/C20H24N2O/c1-16-20(23-14-13-21(2)3)18-11-7-8-12-19(18)22(16)15-17-9-5-4-6-10-17/h4-12H,13-15H2,1-3H3. The van der Waals surface area contributed by atoms with Crippen LogP contribution in [0.3, 0.4) is 0 Å². The van der Waals surface area contributed by atoms with Gasteiger partial charge in [-0.05, 0) is 38.7 Å². The van der Waals surface area contributed by atoms with E-state index in [-0.39, 0.29) is 0 Å². The lowest BCUT2D eigenvalue weighted by atomic mass is 10.2. The van der Waals surface area contributed by atoms with Gasteiger partial charge in [0.15, 0.2) is 0 Å². The van der Waals surface area contributed by atoms with Crippen LogP contribution in [0.1, 0.15) is 11.3 Å². The average molecular weight is 308 g/mol. The molecule has 0 saturated carbocycles. The Kier molecular flexibility index (Phi) is 4.68. The highest BCUT2D eigenvalue weighted by molar-refractivity contribution is 5.88. The molecule has 3 rings (SSSR count). The Morgan fingerprint density at radius 1 is 0.957 bits per heavy atom. The predicted octanol–water partition coefficient (Wildman–Crippen LogP) is 3.94. The van der Waals surface area contributed by atoms with E-state index in [1.54, 1.807) is 0 Å².